The zero-order valence-electron chi connectivity index (χ0n) is 11.6. The summed E-state index contributed by atoms with van der Waals surface area (Å²) in [5.74, 6) is -0.191. The summed E-state index contributed by atoms with van der Waals surface area (Å²) in [6, 6.07) is 4.43. The fourth-order valence-corrected chi connectivity index (χ4v) is 1.81. The fourth-order valence-electron chi connectivity index (χ4n) is 1.47. The van der Waals surface area contributed by atoms with Crippen molar-refractivity contribution in [3.8, 4) is 17.8 Å². The highest BCUT2D eigenvalue weighted by atomic mass is 79.9. The number of nitrogens with one attached hydrogen (secondary N) is 1. The van der Waals surface area contributed by atoms with Crippen molar-refractivity contribution < 1.29 is 13.9 Å². The predicted molar refractivity (Wildman–Crippen MR) is 79.3 cm³/mol. The van der Waals surface area contributed by atoms with Crippen LogP contribution in [0.4, 0.5) is 10.3 Å². The van der Waals surface area contributed by atoms with E-state index in [4.69, 9.17) is 9.47 Å². The summed E-state index contributed by atoms with van der Waals surface area (Å²) in [4.78, 5) is 12.1. The van der Waals surface area contributed by atoms with Gasteiger partial charge in [0.1, 0.15) is 0 Å². The van der Waals surface area contributed by atoms with Crippen molar-refractivity contribution in [2.24, 2.45) is 0 Å². The van der Waals surface area contributed by atoms with Crippen molar-refractivity contribution in [2.75, 3.05) is 18.5 Å². The van der Waals surface area contributed by atoms with Crippen molar-refractivity contribution >= 4 is 21.9 Å². The number of nitrogens with zero attached hydrogens (tertiary/aromatic N) is 3. The van der Waals surface area contributed by atoms with Gasteiger partial charge in [0, 0.05) is 11.0 Å². The van der Waals surface area contributed by atoms with Crippen molar-refractivity contribution in [1.29, 1.82) is 0 Å². The van der Waals surface area contributed by atoms with Crippen LogP contribution in [0.1, 0.15) is 13.8 Å². The summed E-state index contributed by atoms with van der Waals surface area (Å²) < 4.78 is 25.0. The zero-order valence-corrected chi connectivity index (χ0v) is 13.1. The maximum Gasteiger partial charge on any atom is 0.330 e. The molecule has 0 aliphatic rings. The largest absolute Gasteiger partial charge is 0.464 e. The normalized spacial score (nSPS) is 10.3. The first-order chi connectivity index (χ1) is 10.1. The molecule has 2 aromatic rings. The average Bonchev–Trinajstić information content (AvgIpc) is 2.43. The van der Waals surface area contributed by atoms with Gasteiger partial charge in [0.25, 0.3) is 0 Å². The molecular weight excluding hydrogens is 343 g/mol. The second-order valence-corrected chi connectivity index (χ2v) is 4.78. The minimum atomic E-state index is -0.512. The van der Waals surface area contributed by atoms with Crippen LogP contribution in [0.3, 0.4) is 0 Å². The molecule has 1 aromatic carbocycles. The van der Waals surface area contributed by atoms with Crippen molar-refractivity contribution in [3.05, 3.63) is 28.5 Å². The molecule has 0 aliphatic heterocycles. The second kappa shape index (κ2) is 7.16. The minimum absolute atomic E-state index is 0.0143. The minimum Gasteiger partial charge on any atom is -0.464 e. The van der Waals surface area contributed by atoms with Gasteiger partial charge in [-0.1, -0.05) is 15.9 Å². The van der Waals surface area contributed by atoms with Gasteiger partial charge in [-0.25, -0.2) is 4.39 Å². The van der Waals surface area contributed by atoms with Crippen LogP contribution in [0.25, 0.3) is 0 Å². The summed E-state index contributed by atoms with van der Waals surface area (Å²) in [7, 11) is 0. The van der Waals surface area contributed by atoms with E-state index in [2.05, 4.69) is 36.2 Å². The molecule has 0 bridgehead atoms. The summed E-state index contributed by atoms with van der Waals surface area (Å²) >= 11 is 3.25. The Hall–Kier alpha value is -1.96. The molecule has 0 amide bonds. The van der Waals surface area contributed by atoms with Crippen LogP contribution < -0.4 is 14.8 Å². The van der Waals surface area contributed by atoms with Gasteiger partial charge in [0.2, 0.25) is 5.95 Å². The molecule has 1 heterocycles. The number of hydrogen-bond acceptors (Lipinski definition) is 6. The third-order valence-corrected chi connectivity index (χ3v) is 2.79. The van der Waals surface area contributed by atoms with E-state index in [0.29, 0.717) is 23.6 Å². The molecule has 0 unspecified atom stereocenters. The smallest absolute Gasteiger partial charge is 0.330 e. The fraction of sp³-hybridized carbons (Fsp3) is 0.308. The van der Waals surface area contributed by atoms with Gasteiger partial charge in [-0.15, -0.1) is 4.98 Å². The Morgan fingerprint density at radius 3 is 2.67 bits per heavy atom. The molecule has 112 valence electrons. The number of aromatic nitrogens is 3. The molecular formula is C13H14BrFN4O2. The van der Waals surface area contributed by atoms with Crippen LogP contribution in [0.2, 0.25) is 0 Å². The summed E-state index contributed by atoms with van der Waals surface area (Å²) in [5.41, 5.74) is 0. The third kappa shape index (κ3) is 4.25. The van der Waals surface area contributed by atoms with E-state index >= 15 is 0 Å². The van der Waals surface area contributed by atoms with Crippen LogP contribution in [-0.4, -0.2) is 28.1 Å². The van der Waals surface area contributed by atoms with Crippen molar-refractivity contribution in [1.82, 2.24) is 15.0 Å². The lowest BCUT2D eigenvalue weighted by Gasteiger charge is -2.09. The van der Waals surface area contributed by atoms with Crippen molar-refractivity contribution in [3.63, 3.8) is 0 Å². The van der Waals surface area contributed by atoms with Gasteiger partial charge >= 0.3 is 12.0 Å². The molecule has 0 fully saturated rings. The van der Waals surface area contributed by atoms with Gasteiger partial charge in [-0.05, 0) is 32.0 Å². The van der Waals surface area contributed by atoms with Gasteiger partial charge in [0.15, 0.2) is 11.6 Å². The Bertz CT molecular complexity index is 603. The molecule has 6 nitrogen and oxygen atoms in total. The Labute approximate surface area is 129 Å². The highest BCUT2D eigenvalue weighted by molar-refractivity contribution is 9.10. The van der Waals surface area contributed by atoms with E-state index in [9.17, 15) is 4.39 Å². The molecule has 0 spiro atoms. The standard InChI is InChI=1S/C13H14BrFN4O2/c1-3-16-11-17-12(20-4-2)19-13(18-11)21-10-7-8(14)5-6-9(10)15/h5-7H,3-4H2,1-2H3,(H,16,17,18,19). The maximum atomic E-state index is 13.7. The highest BCUT2D eigenvalue weighted by Gasteiger charge is 2.12. The molecule has 0 aliphatic carbocycles. The predicted octanol–water partition coefficient (Wildman–Crippen LogP) is 3.40. The van der Waals surface area contributed by atoms with E-state index in [1.165, 1.54) is 12.1 Å². The van der Waals surface area contributed by atoms with Gasteiger partial charge in [-0.2, -0.15) is 9.97 Å². The summed E-state index contributed by atoms with van der Waals surface area (Å²) in [6.07, 6.45) is 0. The Kier molecular flexibility index (Phi) is 5.26. The van der Waals surface area contributed by atoms with E-state index < -0.39 is 5.82 Å². The molecule has 8 heteroatoms. The summed E-state index contributed by atoms with van der Waals surface area (Å²) in [5, 5.41) is 2.93. The molecule has 1 aromatic heterocycles. The van der Waals surface area contributed by atoms with E-state index in [1.807, 2.05) is 13.8 Å². The quantitative estimate of drug-likeness (QED) is 0.855. The molecule has 0 saturated heterocycles. The molecule has 0 saturated carbocycles. The highest BCUT2D eigenvalue weighted by Crippen LogP contribution is 2.26. The Morgan fingerprint density at radius 1 is 1.19 bits per heavy atom. The van der Waals surface area contributed by atoms with E-state index in [1.54, 1.807) is 6.07 Å². The first-order valence-corrected chi connectivity index (χ1v) is 7.17. The lowest BCUT2D eigenvalue weighted by molar-refractivity contribution is 0.302. The zero-order chi connectivity index (χ0) is 15.2. The number of benzene rings is 1. The van der Waals surface area contributed by atoms with Crippen LogP contribution in [-0.2, 0) is 0 Å². The number of halogens is 2. The lowest BCUT2D eigenvalue weighted by atomic mass is 10.3. The van der Waals surface area contributed by atoms with Crippen LogP contribution >= 0.6 is 15.9 Å². The van der Waals surface area contributed by atoms with Crippen LogP contribution in [0.5, 0.6) is 17.8 Å². The molecule has 21 heavy (non-hydrogen) atoms. The van der Waals surface area contributed by atoms with Gasteiger partial charge in [-0.3, -0.25) is 0 Å². The topological polar surface area (TPSA) is 69.2 Å². The van der Waals surface area contributed by atoms with Crippen molar-refractivity contribution in [2.45, 2.75) is 13.8 Å². The molecule has 2 rings (SSSR count). The summed E-state index contributed by atoms with van der Waals surface area (Å²) in [6.45, 7) is 4.74. The molecule has 0 radical (unpaired) electrons. The second-order valence-electron chi connectivity index (χ2n) is 3.86. The SMILES string of the molecule is CCNc1nc(OCC)nc(Oc2cc(Br)ccc2F)n1. The number of rotatable bonds is 6. The van der Waals surface area contributed by atoms with Gasteiger partial charge in [0.05, 0.1) is 6.61 Å². The first kappa shape index (κ1) is 15.4. The number of hydrogen-bond donors (Lipinski definition) is 1. The van der Waals surface area contributed by atoms with Crippen LogP contribution in [0, 0.1) is 5.82 Å². The average molecular weight is 357 g/mol. The lowest BCUT2D eigenvalue weighted by Crippen LogP contribution is -2.07. The maximum absolute atomic E-state index is 13.7. The van der Waals surface area contributed by atoms with Crippen LogP contribution in [0.15, 0.2) is 22.7 Å². The number of ether oxygens (including phenoxy) is 2. The molecule has 1 N–H and O–H groups in total. The first-order valence-electron chi connectivity index (χ1n) is 6.38. The van der Waals surface area contributed by atoms with E-state index in [-0.39, 0.29) is 17.8 Å². The van der Waals surface area contributed by atoms with Gasteiger partial charge < -0.3 is 14.8 Å². The monoisotopic (exact) mass is 356 g/mol. The Balaban J connectivity index is 2.31. The molecule has 0 atom stereocenters. The van der Waals surface area contributed by atoms with E-state index in [0.717, 1.165) is 0 Å². The Morgan fingerprint density at radius 2 is 1.95 bits per heavy atom. The number of anilines is 1. The third-order valence-electron chi connectivity index (χ3n) is 2.30.